The Kier molecular flexibility index (Phi) is 2.75. The van der Waals surface area contributed by atoms with E-state index in [9.17, 15) is 13.5 Å². The van der Waals surface area contributed by atoms with Crippen molar-refractivity contribution >= 4 is 16.3 Å². The minimum Gasteiger partial charge on any atom is -0.603 e. The lowest BCUT2D eigenvalue weighted by Gasteiger charge is -2.04. The molecule has 0 aliphatic carbocycles. The molecular formula is C6H9N3O4S. The van der Waals surface area contributed by atoms with Gasteiger partial charge in [0.25, 0.3) is 6.33 Å². The number of aryl methyl sites for hydroxylation is 1. The lowest BCUT2D eigenvalue weighted by Crippen LogP contribution is -2.26. The van der Waals surface area contributed by atoms with Gasteiger partial charge in [-0.1, -0.05) is 0 Å². The first-order valence-electron chi connectivity index (χ1n) is 3.55. The third-order valence-corrected chi connectivity index (χ3v) is 2.50. The molecule has 1 rings (SSSR count). The highest BCUT2D eigenvalue weighted by atomic mass is 32.2. The minimum atomic E-state index is -4.00. The molecule has 7 nitrogen and oxygen atoms in total. The van der Waals surface area contributed by atoms with Crippen molar-refractivity contribution in [1.82, 2.24) is 3.97 Å². The maximum absolute atomic E-state index is 11.3. The maximum Gasteiger partial charge on any atom is 0.423 e. The summed E-state index contributed by atoms with van der Waals surface area (Å²) in [6, 6.07) is 0. The average molecular weight is 219 g/mol. The van der Waals surface area contributed by atoms with E-state index < -0.39 is 16.3 Å². The molecule has 0 aromatic carbocycles. The number of hydrogen-bond acceptors (Lipinski definition) is 4. The molecule has 0 spiro atoms. The second-order valence-electron chi connectivity index (χ2n) is 2.45. The highest BCUT2D eigenvalue weighted by Crippen LogP contribution is 1.96. The summed E-state index contributed by atoms with van der Waals surface area (Å²) in [4.78, 5) is 0. The molecule has 0 saturated carbocycles. The Bertz CT molecular complexity index is 447. The standard InChI is InChI=1S/C6H9N3O4S/c1-8-3-4-9(5-8)14(11,12)7-6(10)13-2/h3-5H,1-2H3. The Morgan fingerprint density at radius 2 is 2.29 bits per heavy atom. The smallest absolute Gasteiger partial charge is 0.423 e. The molecular weight excluding hydrogens is 210 g/mol. The van der Waals surface area contributed by atoms with Crippen molar-refractivity contribution in [2.24, 2.45) is 11.4 Å². The molecule has 0 aliphatic heterocycles. The van der Waals surface area contributed by atoms with E-state index in [4.69, 9.17) is 0 Å². The second-order valence-corrected chi connectivity index (χ2v) is 3.95. The van der Waals surface area contributed by atoms with Crippen LogP contribution in [-0.4, -0.2) is 25.6 Å². The summed E-state index contributed by atoms with van der Waals surface area (Å²) in [5.74, 6) is 0. The van der Waals surface area contributed by atoms with Gasteiger partial charge in [0, 0.05) is 0 Å². The number of ether oxygens (including phenoxy) is 1. The van der Waals surface area contributed by atoms with Gasteiger partial charge in [0.15, 0.2) is 6.08 Å². The van der Waals surface area contributed by atoms with Crippen molar-refractivity contribution in [2.45, 2.75) is 0 Å². The van der Waals surface area contributed by atoms with Crippen molar-refractivity contribution in [2.75, 3.05) is 7.11 Å². The van der Waals surface area contributed by atoms with Gasteiger partial charge in [0.05, 0.1) is 7.05 Å². The molecule has 0 fully saturated rings. The Balaban J connectivity index is 3.10. The summed E-state index contributed by atoms with van der Waals surface area (Å²) in [6.07, 6.45) is 2.88. The normalized spacial score (nSPS) is 12.9. The van der Waals surface area contributed by atoms with E-state index in [0.29, 0.717) is 0 Å². The topological polar surface area (TPSA) is 87.6 Å². The van der Waals surface area contributed by atoms with E-state index in [-0.39, 0.29) is 0 Å². The zero-order valence-corrected chi connectivity index (χ0v) is 8.43. The first-order chi connectivity index (χ1) is 6.45. The van der Waals surface area contributed by atoms with Crippen LogP contribution >= 0.6 is 0 Å². The third-order valence-electron chi connectivity index (χ3n) is 1.38. The predicted octanol–water partition coefficient (Wildman–Crippen LogP) is -2.23. The van der Waals surface area contributed by atoms with Gasteiger partial charge in [0.1, 0.15) is 12.4 Å². The molecule has 8 heteroatoms. The quantitative estimate of drug-likeness (QED) is 0.320. The Morgan fingerprint density at radius 3 is 2.71 bits per heavy atom. The van der Waals surface area contributed by atoms with Crippen LogP contribution in [0.15, 0.2) is 23.1 Å². The van der Waals surface area contributed by atoms with Crippen molar-refractivity contribution in [3.63, 3.8) is 0 Å². The number of methoxy groups -OCH3 is 1. The SMILES string of the molecule is CO/C([O-])=N/S(=O)(=O)n1cc[n+](C)c1. The monoisotopic (exact) mass is 219 g/mol. The number of nitrogens with zero attached hydrogens (tertiary/aromatic N) is 3. The summed E-state index contributed by atoms with van der Waals surface area (Å²) < 4.78 is 31.9. The van der Waals surface area contributed by atoms with Crippen molar-refractivity contribution in [3.8, 4) is 0 Å². The number of rotatable bonds is 2. The number of imidazole rings is 1. The molecule has 0 bridgehead atoms. The zero-order chi connectivity index (χ0) is 10.8. The maximum atomic E-state index is 11.3. The second kappa shape index (κ2) is 3.66. The molecule has 0 amide bonds. The number of aromatic nitrogens is 2. The van der Waals surface area contributed by atoms with Crippen LogP contribution in [0.25, 0.3) is 0 Å². The lowest BCUT2D eigenvalue weighted by atomic mass is 10.9. The summed E-state index contributed by atoms with van der Waals surface area (Å²) >= 11 is 0. The van der Waals surface area contributed by atoms with Gasteiger partial charge in [-0.25, -0.2) is 4.57 Å². The first kappa shape index (κ1) is 10.5. The van der Waals surface area contributed by atoms with E-state index in [2.05, 4.69) is 9.13 Å². The highest BCUT2D eigenvalue weighted by molar-refractivity contribution is 7.88. The van der Waals surface area contributed by atoms with Crippen molar-refractivity contribution < 1.29 is 22.8 Å². The molecule has 0 radical (unpaired) electrons. The molecule has 1 aromatic heterocycles. The predicted molar refractivity (Wildman–Crippen MR) is 44.4 cm³/mol. The Morgan fingerprint density at radius 1 is 1.64 bits per heavy atom. The summed E-state index contributed by atoms with van der Waals surface area (Å²) in [5, 5.41) is 10.6. The van der Waals surface area contributed by atoms with E-state index in [1.165, 1.54) is 23.3 Å². The van der Waals surface area contributed by atoms with Crippen molar-refractivity contribution in [3.05, 3.63) is 18.7 Å². The average Bonchev–Trinajstić information content (AvgIpc) is 2.51. The zero-order valence-electron chi connectivity index (χ0n) is 7.61. The first-order valence-corrected chi connectivity index (χ1v) is 4.95. The van der Waals surface area contributed by atoms with E-state index >= 15 is 0 Å². The van der Waals surface area contributed by atoms with Gasteiger partial charge in [-0.15, -0.1) is 8.37 Å². The highest BCUT2D eigenvalue weighted by Gasteiger charge is 2.17. The molecule has 0 aliphatic rings. The minimum absolute atomic E-state index is 0.809. The fourth-order valence-electron chi connectivity index (χ4n) is 0.742. The molecule has 0 atom stereocenters. The largest absolute Gasteiger partial charge is 0.603 e. The summed E-state index contributed by atoms with van der Waals surface area (Å²) in [5.41, 5.74) is 0. The van der Waals surface area contributed by atoms with Crippen molar-refractivity contribution in [1.29, 1.82) is 0 Å². The van der Waals surface area contributed by atoms with Gasteiger partial charge in [0.2, 0.25) is 0 Å². The van der Waals surface area contributed by atoms with E-state index in [1.807, 2.05) is 0 Å². The van der Waals surface area contributed by atoms with Gasteiger partial charge in [-0.3, -0.25) is 0 Å². The van der Waals surface area contributed by atoms with Crippen LogP contribution in [0.5, 0.6) is 0 Å². The van der Waals surface area contributed by atoms with Crippen LogP contribution < -0.4 is 9.67 Å². The molecule has 78 valence electrons. The molecule has 1 heterocycles. The molecule has 14 heavy (non-hydrogen) atoms. The molecule has 0 N–H and O–H groups in total. The number of hydrogen-bond donors (Lipinski definition) is 0. The van der Waals surface area contributed by atoms with Crippen LogP contribution in [-0.2, 0) is 22.0 Å². The Hall–Kier alpha value is -1.57. The fourth-order valence-corrected chi connectivity index (χ4v) is 1.58. The van der Waals surface area contributed by atoms with Crippen LogP contribution in [0.2, 0.25) is 0 Å². The van der Waals surface area contributed by atoms with Gasteiger partial charge < -0.3 is 9.84 Å². The summed E-state index contributed by atoms with van der Waals surface area (Å²) in [6.45, 7) is 0. The molecule has 0 saturated heterocycles. The van der Waals surface area contributed by atoms with Gasteiger partial charge in [-0.2, -0.15) is 8.42 Å². The lowest BCUT2D eigenvalue weighted by molar-refractivity contribution is -0.670. The van der Waals surface area contributed by atoms with E-state index in [0.717, 1.165) is 11.1 Å². The molecule has 1 aromatic rings. The third kappa shape index (κ3) is 2.22. The fraction of sp³-hybridized carbons (Fsp3) is 0.333. The summed E-state index contributed by atoms with van der Waals surface area (Å²) in [7, 11) is -1.31. The van der Waals surface area contributed by atoms with Crippen LogP contribution in [0.1, 0.15) is 0 Å². The van der Waals surface area contributed by atoms with Crippen LogP contribution in [0, 0.1) is 0 Å². The van der Waals surface area contributed by atoms with Gasteiger partial charge >= 0.3 is 10.2 Å². The van der Waals surface area contributed by atoms with Crippen LogP contribution in [0.3, 0.4) is 0 Å². The van der Waals surface area contributed by atoms with Gasteiger partial charge in [-0.05, 0) is 7.11 Å². The van der Waals surface area contributed by atoms with Crippen LogP contribution in [0.4, 0.5) is 0 Å². The Labute approximate surface area is 81.1 Å². The van der Waals surface area contributed by atoms with E-state index in [1.54, 1.807) is 7.05 Å². The molecule has 0 unspecified atom stereocenters.